The van der Waals surface area contributed by atoms with Gasteiger partial charge in [0.2, 0.25) is 0 Å². The third-order valence-corrected chi connectivity index (χ3v) is 4.67. The number of methoxy groups -OCH3 is 1. The normalized spacial score (nSPS) is 17.3. The fourth-order valence-electron chi connectivity index (χ4n) is 2.60. The average molecular weight is 279 g/mol. The van der Waals surface area contributed by atoms with Crippen molar-refractivity contribution in [3.05, 3.63) is 4.88 Å². The van der Waals surface area contributed by atoms with Crippen molar-refractivity contribution in [2.45, 2.75) is 51.0 Å². The molecular weight excluding hydrogens is 258 g/mol. The van der Waals surface area contributed by atoms with E-state index in [2.05, 4.69) is 11.4 Å². The van der Waals surface area contributed by atoms with Crippen LogP contribution in [0.3, 0.4) is 0 Å². The molecule has 1 aromatic rings. The molecule has 1 aromatic heterocycles. The molecule has 0 saturated heterocycles. The van der Waals surface area contributed by atoms with Gasteiger partial charge in [0.05, 0.1) is 7.11 Å². The SMILES string of the molecule is COc1c(NC2CCCCCCC2)sc(C#N)c1N. The Morgan fingerprint density at radius 3 is 2.47 bits per heavy atom. The summed E-state index contributed by atoms with van der Waals surface area (Å²) in [5, 5.41) is 13.5. The lowest BCUT2D eigenvalue weighted by molar-refractivity contribution is 0.418. The minimum absolute atomic E-state index is 0.461. The predicted molar refractivity (Wildman–Crippen MR) is 79.7 cm³/mol. The standard InChI is InChI=1S/C14H21N3OS/c1-18-13-12(16)11(9-15)19-14(13)17-10-7-5-3-2-4-6-8-10/h10,17H,2-8,16H2,1H3. The van der Waals surface area contributed by atoms with E-state index in [0.717, 1.165) is 5.00 Å². The topological polar surface area (TPSA) is 71.1 Å². The molecule has 0 radical (unpaired) electrons. The molecule has 2 rings (SSSR count). The van der Waals surface area contributed by atoms with Gasteiger partial charge in [0.1, 0.15) is 21.6 Å². The monoisotopic (exact) mass is 279 g/mol. The van der Waals surface area contributed by atoms with Gasteiger partial charge in [-0.2, -0.15) is 5.26 Å². The van der Waals surface area contributed by atoms with E-state index in [1.807, 2.05) is 0 Å². The second kappa shape index (κ2) is 6.67. The average Bonchev–Trinajstić information content (AvgIpc) is 2.68. The molecule has 5 heteroatoms. The molecule has 1 fully saturated rings. The quantitative estimate of drug-likeness (QED) is 0.884. The molecule has 0 bridgehead atoms. The molecule has 0 amide bonds. The van der Waals surface area contributed by atoms with Gasteiger partial charge in [-0.15, -0.1) is 11.3 Å². The summed E-state index contributed by atoms with van der Waals surface area (Å²) in [6.45, 7) is 0. The Kier molecular flexibility index (Phi) is 4.92. The van der Waals surface area contributed by atoms with E-state index >= 15 is 0 Å². The smallest absolute Gasteiger partial charge is 0.177 e. The zero-order valence-corrected chi connectivity index (χ0v) is 12.2. The van der Waals surface area contributed by atoms with Gasteiger partial charge in [-0.05, 0) is 12.8 Å². The largest absolute Gasteiger partial charge is 0.492 e. The lowest BCUT2D eigenvalue weighted by Crippen LogP contribution is -2.20. The maximum Gasteiger partial charge on any atom is 0.177 e. The van der Waals surface area contributed by atoms with Gasteiger partial charge in [-0.3, -0.25) is 0 Å². The van der Waals surface area contributed by atoms with Crippen LogP contribution in [0.5, 0.6) is 5.75 Å². The number of rotatable bonds is 3. The number of anilines is 2. The molecule has 0 unspecified atom stereocenters. The third-order valence-electron chi connectivity index (χ3n) is 3.65. The van der Waals surface area contributed by atoms with E-state index in [1.165, 1.54) is 56.3 Å². The molecule has 0 aliphatic heterocycles. The second-order valence-corrected chi connectivity index (χ2v) is 6.03. The molecule has 104 valence electrons. The van der Waals surface area contributed by atoms with E-state index in [9.17, 15) is 0 Å². The highest BCUT2D eigenvalue weighted by atomic mass is 32.1. The summed E-state index contributed by atoms with van der Waals surface area (Å²) in [6, 6.07) is 2.59. The number of nitriles is 1. The molecule has 4 nitrogen and oxygen atoms in total. The number of nitrogen functional groups attached to an aromatic ring is 1. The summed E-state index contributed by atoms with van der Waals surface area (Å²) in [6.07, 6.45) is 8.92. The molecule has 0 spiro atoms. The van der Waals surface area contributed by atoms with Crippen molar-refractivity contribution in [3.8, 4) is 11.8 Å². The Morgan fingerprint density at radius 1 is 1.26 bits per heavy atom. The van der Waals surface area contributed by atoms with Gasteiger partial charge in [-0.25, -0.2) is 0 Å². The van der Waals surface area contributed by atoms with Crippen LogP contribution in [-0.4, -0.2) is 13.2 Å². The van der Waals surface area contributed by atoms with Gasteiger partial charge in [-0.1, -0.05) is 32.1 Å². The number of nitrogens with one attached hydrogen (secondary N) is 1. The lowest BCUT2D eigenvalue weighted by atomic mass is 9.97. The van der Waals surface area contributed by atoms with E-state index in [0.29, 0.717) is 22.4 Å². The van der Waals surface area contributed by atoms with Gasteiger partial charge in [0, 0.05) is 6.04 Å². The summed E-state index contributed by atoms with van der Waals surface area (Å²) in [5.74, 6) is 0.628. The Bertz CT molecular complexity index is 456. The van der Waals surface area contributed by atoms with E-state index in [4.69, 9.17) is 15.7 Å². The molecule has 0 aromatic carbocycles. The number of hydrogen-bond acceptors (Lipinski definition) is 5. The van der Waals surface area contributed by atoms with Gasteiger partial charge in [0.25, 0.3) is 0 Å². The molecule has 1 saturated carbocycles. The lowest BCUT2D eigenvalue weighted by Gasteiger charge is -2.21. The summed E-state index contributed by atoms with van der Waals surface area (Å²) >= 11 is 1.39. The predicted octanol–water partition coefficient (Wildman–Crippen LogP) is 3.74. The van der Waals surface area contributed by atoms with Crippen LogP contribution >= 0.6 is 11.3 Å². The highest BCUT2D eigenvalue weighted by Gasteiger charge is 2.19. The van der Waals surface area contributed by atoms with Crippen molar-refractivity contribution < 1.29 is 4.74 Å². The fraction of sp³-hybridized carbons (Fsp3) is 0.643. The van der Waals surface area contributed by atoms with E-state index in [-0.39, 0.29) is 0 Å². The van der Waals surface area contributed by atoms with Gasteiger partial charge < -0.3 is 15.8 Å². The molecule has 1 heterocycles. The van der Waals surface area contributed by atoms with Crippen LogP contribution in [0, 0.1) is 11.3 Å². The summed E-state index contributed by atoms with van der Waals surface area (Å²) in [4.78, 5) is 0.533. The second-order valence-electron chi connectivity index (χ2n) is 5.01. The van der Waals surface area contributed by atoms with Crippen LogP contribution in [0.4, 0.5) is 10.7 Å². The Hall–Kier alpha value is -1.41. The molecule has 19 heavy (non-hydrogen) atoms. The molecule has 1 aliphatic rings. The Labute approximate surface area is 118 Å². The van der Waals surface area contributed by atoms with Crippen LogP contribution in [-0.2, 0) is 0 Å². The number of nitrogens with two attached hydrogens (primary N) is 1. The van der Waals surface area contributed by atoms with Crippen molar-refractivity contribution in [2.24, 2.45) is 0 Å². The van der Waals surface area contributed by atoms with Crippen molar-refractivity contribution in [3.63, 3.8) is 0 Å². The van der Waals surface area contributed by atoms with E-state index < -0.39 is 0 Å². The first-order valence-electron chi connectivity index (χ1n) is 6.89. The van der Waals surface area contributed by atoms with Gasteiger partial charge in [0.15, 0.2) is 5.75 Å². The Morgan fingerprint density at radius 2 is 1.89 bits per heavy atom. The van der Waals surface area contributed by atoms with Crippen LogP contribution in [0.15, 0.2) is 0 Å². The molecular formula is C14H21N3OS. The van der Waals surface area contributed by atoms with Crippen LogP contribution in [0.25, 0.3) is 0 Å². The number of thiophene rings is 1. The van der Waals surface area contributed by atoms with Crippen LogP contribution in [0.1, 0.15) is 49.8 Å². The highest BCUT2D eigenvalue weighted by molar-refractivity contribution is 7.17. The summed E-state index contributed by atoms with van der Waals surface area (Å²) in [7, 11) is 1.60. The summed E-state index contributed by atoms with van der Waals surface area (Å²) < 4.78 is 5.33. The number of ether oxygens (including phenoxy) is 1. The zero-order chi connectivity index (χ0) is 13.7. The van der Waals surface area contributed by atoms with Crippen LogP contribution < -0.4 is 15.8 Å². The number of nitrogens with zero attached hydrogens (tertiary/aromatic N) is 1. The first-order valence-corrected chi connectivity index (χ1v) is 7.70. The third kappa shape index (κ3) is 3.32. The molecule has 3 N–H and O–H groups in total. The summed E-state index contributed by atoms with van der Waals surface area (Å²) in [5.41, 5.74) is 6.37. The van der Waals surface area contributed by atoms with Crippen molar-refractivity contribution in [2.75, 3.05) is 18.2 Å². The van der Waals surface area contributed by atoms with Crippen molar-refractivity contribution in [1.82, 2.24) is 0 Å². The maximum atomic E-state index is 9.04. The maximum absolute atomic E-state index is 9.04. The molecule has 1 aliphatic carbocycles. The first-order chi connectivity index (χ1) is 9.26. The van der Waals surface area contributed by atoms with Crippen molar-refractivity contribution >= 4 is 22.0 Å². The molecule has 0 atom stereocenters. The number of hydrogen-bond donors (Lipinski definition) is 2. The van der Waals surface area contributed by atoms with Crippen molar-refractivity contribution in [1.29, 1.82) is 5.26 Å². The zero-order valence-electron chi connectivity index (χ0n) is 11.4. The first kappa shape index (κ1) is 14.0. The highest BCUT2D eigenvalue weighted by Crippen LogP contribution is 2.42. The minimum Gasteiger partial charge on any atom is -0.492 e. The van der Waals surface area contributed by atoms with E-state index in [1.54, 1.807) is 7.11 Å². The minimum atomic E-state index is 0.461. The Balaban J connectivity index is 2.11. The fourth-order valence-corrected chi connectivity index (χ4v) is 3.56. The van der Waals surface area contributed by atoms with Crippen LogP contribution in [0.2, 0.25) is 0 Å². The van der Waals surface area contributed by atoms with Gasteiger partial charge >= 0.3 is 0 Å².